The van der Waals surface area contributed by atoms with Crippen LogP contribution < -0.4 is 5.32 Å². The van der Waals surface area contributed by atoms with Gasteiger partial charge in [0, 0.05) is 16.6 Å². The normalized spacial score (nSPS) is 25.8. The van der Waals surface area contributed by atoms with Crippen molar-refractivity contribution in [2.45, 2.75) is 56.6 Å². The molecule has 2 aromatic carbocycles. The molecular weight excluding hydrogens is 382 g/mol. The van der Waals surface area contributed by atoms with E-state index in [0.29, 0.717) is 17.4 Å². The first-order valence-corrected chi connectivity index (χ1v) is 11.1. The summed E-state index contributed by atoms with van der Waals surface area (Å²) in [5.41, 5.74) is 4.22. The van der Waals surface area contributed by atoms with Crippen LogP contribution in [0.5, 0.6) is 0 Å². The van der Waals surface area contributed by atoms with Gasteiger partial charge in [0.2, 0.25) is 0 Å². The zero-order chi connectivity index (χ0) is 19.8. The van der Waals surface area contributed by atoms with Crippen LogP contribution in [0.4, 0.5) is 5.69 Å². The summed E-state index contributed by atoms with van der Waals surface area (Å²) < 4.78 is 5.79. The van der Waals surface area contributed by atoms with Crippen LogP contribution in [-0.4, -0.2) is 12.1 Å². The summed E-state index contributed by atoms with van der Waals surface area (Å²) in [6.07, 6.45) is 11.2. The first kappa shape index (κ1) is 18.7. The summed E-state index contributed by atoms with van der Waals surface area (Å²) in [7, 11) is 0. The van der Waals surface area contributed by atoms with E-state index in [1.807, 2.05) is 30.3 Å². The number of nitrogens with one attached hydrogen (secondary N) is 1. The molecule has 29 heavy (non-hydrogen) atoms. The molecule has 3 atom stereocenters. The highest BCUT2D eigenvalue weighted by atomic mass is 35.5. The van der Waals surface area contributed by atoms with Crippen molar-refractivity contribution in [3.63, 3.8) is 0 Å². The Morgan fingerprint density at radius 3 is 2.62 bits per heavy atom. The molecule has 0 spiro atoms. The monoisotopic (exact) mass is 407 g/mol. The van der Waals surface area contributed by atoms with Gasteiger partial charge in [-0.2, -0.15) is 0 Å². The standard InChI is InChI=1S/C25H26ClNO2/c26-18-12-9-16(10-13-18)24-21-8-4-7-20(21)22-15-17(11-14-23(22)27-24)25(28)29-19-5-2-1-3-6-19/h4,7,9-15,19-21,24,27H,1-3,5-6,8H2/t20-,21+,24+/m1/s1. The van der Waals surface area contributed by atoms with Crippen LogP contribution in [0.15, 0.2) is 54.6 Å². The zero-order valence-electron chi connectivity index (χ0n) is 16.4. The number of carbonyl (C=O) groups excluding carboxylic acids is 1. The highest BCUT2D eigenvalue weighted by Gasteiger charge is 2.38. The van der Waals surface area contributed by atoms with Crippen molar-refractivity contribution >= 4 is 23.3 Å². The number of rotatable bonds is 3. The fraction of sp³-hybridized carbons (Fsp3) is 0.400. The first-order valence-electron chi connectivity index (χ1n) is 10.7. The van der Waals surface area contributed by atoms with Crippen LogP contribution in [0.1, 0.15) is 72.0 Å². The molecule has 0 bridgehead atoms. The molecule has 0 unspecified atom stereocenters. The summed E-state index contributed by atoms with van der Waals surface area (Å²) in [4.78, 5) is 12.7. The number of anilines is 1. The molecule has 3 aliphatic rings. The lowest BCUT2D eigenvalue weighted by atomic mass is 9.76. The van der Waals surface area contributed by atoms with Crippen LogP contribution in [0.25, 0.3) is 0 Å². The number of hydrogen-bond acceptors (Lipinski definition) is 3. The highest BCUT2D eigenvalue weighted by Crippen LogP contribution is 2.50. The van der Waals surface area contributed by atoms with Gasteiger partial charge in [0.05, 0.1) is 11.6 Å². The molecule has 2 aromatic rings. The second-order valence-corrected chi connectivity index (χ2v) is 8.93. The van der Waals surface area contributed by atoms with Crippen molar-refractivity contribution in [2.75, 3.05) is 5.32 Å². The number of benzene rings is 2. The Hall–Kier alpha value is -2.26. The van der Waals surface area contributed by atoms with E-state index >= 15 is 0 Å². The van der Waals surface area contributed by atoms with Gasteiger partial charge in [-0.1, -0.05) is 42.3 Å². The Bertz CT molecular complexity index is 930. The van der Waals surface area contributed by atoms with Gasteiger partial charge < -0.3 is 10.1 Å². The lowest BCUT2D eigenvalue weighted by molar-refractivity contribution is 0.0211. The first-order chi connectivity index (χ1) is 14.2. The Balaban J connectivity index is 1.41. The lowest BCUT2D eigenvalue weighted by Gasteiger charge is -2.37. The minimum atomic E-state index is -0.182. The van der Waals surface area contributed by atoms with Crippen molar-refractivity contribution in [3.05, 3.63) is 76.3 Å². The van der Waals surface area contributed by atoms with E-state index in [9.17, 15) is 4.79 Å². The maximum Gasteiger partial charge on any atom is 0.338 e. The van der Waals surface area contributed by atoms with Crippen molar-refractivity contribution in [1.29, 1.82) is 0 Å². The van der Waals surface area contributed by atoms with Gasteiger partial charge in [-0.15, -0.1) is 0 Å². The number of esters is 1. The Morgan fingerprint density at radius 1 is 1.03 bits per heavy atom. The minimum absolute atomic E-state index is 0.0822. The quantitative estimate of drug-likeness (QED) is 0.456. The van der Waals surface area contributed by atoms with Crippen LogP contribution in [0.3, 0.4) is 0 Å². The molecule has 1 saturated carbocycles. The Morgan fingerprint density at radius 2 is 1.83 bits per heavy atom. The predicted molar refractivity (Wildman–Crippen MR) is 117 cm³/mol. The molecule has 150 valence electrons. The van der Waals surface area contributed by atoms with Crippen LogP contribution in [0, 0.1) is 5.92 Å². The lowest BCUT2D eigenvalue weighted by Crippen LogP contribution is -2.29. The average molecular weight is 408 g/mol. The molecular formula is C25H26ClNO2. The summed E-state index contributed by atoms with van der Waals surface area (Å²) in [5, 5.41) is 4.47. The maximum absolute atomic E-state index is 12.7. The number of halogens is 1. The molecule has 1 heterocycles. The zero-order valence-corrected chi connectivity index (χ0v) is 17.2. The Labute approximate surface area is 177 Å². The van der Waals surface area contributed by atoms with E-state index in [2.05, 4.69) is 29.6 Å². The summed E-state index contributed by atoms with van der Waals surface area (Å²) in [5.74, 6) is 0.570. The molecule has 1 aliphatic heterocycles. The topological polar surface area (TPSA) is 38.3 Å². The number of carbonyl (C=O) groups is 1. The van der Waals surface area contributed by atoms with E-state index in [4.69, 9.17) is 16.3 Å². The molecule has 0 radical (unpaired) electrons. The molecule has 3 nitrogen and oxygen atoms in total. The fourth-order valence-corrected chi connectivity index (χ4v) is 5.25. The molecule has 0 aromatic heterocycles. The average Bonchev–Trinajstić information content (AvgIpc) is 3.24. The van der Waals surface area contributed by atoms with Gasteiger partial charge in [-0.05, 0) is 79.5 Å². The minimum Gasteiger partial charge on any atom is -0.459 e. The third-order valence-corrected chi connectivity index (χ3v) is 6.91. The second-order valence-electron chi connectivity index (χ2n) is 8.49. The molecule has 2 aliphatic carbocycles. The van der Waals surface area contributed by atoms with Crippen molar-refractivity contribution < 1.29 is 9.53 Å². The molecule has 4 heteroatoms. The van der Waals surface area contributed by atoms with E-state index in [0.717, 1.165) is 42.8 Å². The summed E-state index contributed by atoms with van der Waals surface area (Å²) in [6, 6.07) is 14.3. The number of fused-ring (bicyclic) bond motifs is 3. The third kappa shape index (κ3) is 3.69. The number of ether oxygens (including phenoxy) is 1. The SMILES string of the molecule is O=C(OC1CCCCC1)c1ccc2c(c1)[C@@H]1C=CC[C@@H]1[C@H](c1ccc(Cl)cc1)N2. The van der Waals surface area contributed by atoms with Crippen LogP contribution in [-0.2, 0) is 4.74 Å². The maximum atomic E-state index is 12.7. The van der Waals surface area contributed by atoms with Crippen LogP contribution >= 0.6 is 11.6 Å². The van der Waals surface area contributed by atoms with Gasteiger partial charge in [0.25, 0.3) is 0 Å². The Kier molecular flexibility index (Phi) is 5.09. The largest absolute Gasteiger partial charge is 0.459 e. The summed E-state index contributed by atoms with van der Waals surface area (Å²) in [6.45, 7) is 0. The van der Waals surface area contributed by atoms with Crippen LogP contribution in [0.2, 0.25) is 5.02 Å². The molecule has 0 saturated heterocycles. The molecule has 0 amide bonds. The van der Waals surface area contributed by atoms with Gasteiger partial charge >= 0.3 is 5.97 Å². The summed E-state index contributed by atoms with van der Waals surface area (Å²) >= 11 is 6.08. The number of allylic oxidation sites excluding steroid dienone is 2. The van der Waals surface area contributed by atoms with Crippen molar-refractivity contribution in [2.24, 2.45) is 5.92 Å². The van der Waals surface area contributed by atoms with E-state index < -0.39 is 0 Å². The highest BCUT2D eigenvalue weighted by molar-refractivity contribution is 6.30. The molecule has 1 fully saturated rings. The number of hydrogen-bond donors (Lipinski definition) is 1. The van der Waals surface area contributed by atoms with Gasteiger partial charge in [-0.3, -0.25) is 0 Å². The van der Waals surface area contributed by atoms with Crippen molar-refractivity contribution in [3.8, 4) is 0 Å². The molecule has 5 rings (SSSR count). The molecule has 1 N–H and O–H groups in total. The van der Waals surface area contributed by atoms with Gasteiger partial charge in [-0.25, -0.2) is 4.79 Å². The second kappa shape index (κ2) is 7.87. The predicted octanol–water partition coefficient (Wildman–Crippen LogP) is 6.66. The fourth-order valence-electron chi connectivity index (χ4n) is 5.12. The van der Waals surface area contributed by atoms with E-state index in [1.165, 1.54) is 17.5 Å². The van der Waals surface area contributed by atoms with Gasteiger partial charge in [0.15, 0.2) is 0 Å². The third-order valence-electron chi connectivity index (χ3n) is 6.65. The smallest absolute Gasteiger partial charge is 0.338 e. The van der Waals surface area contributed by atoms with Crippen molar-refractivity contribution in [1.82, 2.24) is 0 Å². The van der Waals surface area contributed by atoms with Gasteiger partial charge in [0.1, 0.15) is 6.10 Å². The van der Waals surface area contributed by atoms with E-state index in [-0.39, 0.29) is 18.1 Å². The van der Waals surface area contributed by atoms with E-state index in [1.54, 1.807) is 0 Å².